The second-order valence-corrected chi connectivity index (χ2v) is 7.37. The molecule has 0 aliphatic rings. The number of hydrogen-bond acceptors (Lipinski definition) is 4. The number of halogens is 6. The fourth-order valence-electron chi connectivity index (χ4n) is 0.543. The van der Waals surface area contributed by atoms with Gasteiger partial charge in [0.2, 0.25) is 0 Å². The molecular formula is C3HF6Li2O4S2. The molecule has 0 aliphatic heterocycles. The molecule has 0 unspecified atom stereocenters. The Balaban J connectivity index is 0. The molecule has 0 heterocycles. The van der Waals surface area contributed by atoms with Gasteiger partial charge in [0.15, 0.2) is 0 Å². The number of alkyl halides is 6. The van der Waals surface area contributed by atoms with Gasteiger partial charge in [-0.15, -0.1) is 0 Å². The van der Waals surface area contributed by atoms with Crippen LogP contribution in [0.2, 0.25) is 0 Å². The van der Waals surface area contributed by atoms with Crippen molar-refractivity contribution in [2.45, 2.75) is 14.3 Å². The predicted octanol–water partition coefficient (Wildman–Crippen LogP) is -0.0731. The molecule has 0 rings (SSSR count). The molecule has 0 bridgehead atoms. The second kappa shape index (κ2) is 5.35. The van der Waals surface area contributed by atoms with Crippen molar-refractivity contribution in [2.75, 3.05) is 0 Å². The summed E-state index contributed by atoms with van der Waals surface area (Å²) < 4.78 is 109. The van der Waals surface area contributed by atoms with Crippen LogP contribution < -0.4 is 0 Å². The van der Waals surface area contributed by atoms with Crippen molar-refractivity contribution in [1.82, 2.24) is 0 Å². The van der Waals surface area contributed by atoms with Crippen molar-refractivity contribution in [2.24, 2.45) is 0 Å². The fraction of sp³-hybridized carbons (Fsp3) is 1.00. The van der Waals surface area contributed by atoms with Crippen LogP contribution in [-0.2, 0) is 19.7 Å². The van der Waals surface area contributed by atoms with Gasteiger partial charge in [0, 0.05) is 18.9 Å². The summed E-state index contributed by atoms with van der Waals surface area (Å²) in [6.07, 6.45) is 0. The molecular weight excluding hydrogens is 292 g/mol. The molecule has 0 fully saturated rings. The Morgan fingerprint density at radius 3 is 1.06 bits per heavy atom. The molecule has 1 radical (unpaired) electrons. The third kappa shape index (κ3) is 3.82. The van der Waals surface area contributed by atoms with E-state index in [1.807, 2.05) is 0 Å². The summed E-state index contributed by atoms with van der Waals surface area (Å²) in [5.74, 6) is 0. The van der Waals surface area contributed by atoms with Crippen molar-refractivity contribution >= 4 is 56.3 Å². The van der Waals surface area contributed by atoms with E-state index in [9.17, 15) is 43.2 Å². The Labute approximate surface area is 113 Å². The summed E-state index contributed by atoms with van der Waals surface area (Å²) in [4.78, 5) is 0. The maximum atomic E-state index is 11.8. The van der Waals surface area contributed by atoms with E-state index in [4.69, 9.17) is 0 Å². The summed E-state index contributed by atoms with van der Waals surface area (Å²) in [5, 5.41) is 0. The quantitative estimate of drug-likeness (QED) is 0.528. The van der Waals surface area contributed by atoms with Gasteiger partial charge >= 0.3 is 94.8 Å². The van der Waals surface area contributed by atoms with E-state index in [0.717, 1.165) is 0 Å². The minimum absolute atomic E-state index is 0. The van der Waals surface area contributed by atoms with E-state index in [1.54, 1.807) is 0 Å². The zero-order valence-electron chi connectivity index (χ0n) is 8.29. The first-order valence-corrected chi connectivity index (χ1v) is 6.35. The number of hydrogen-bond donors (Lipinski definition) is 0. The molecule has 0 aromatic carbocycles. The van der Waals surface area contributed by atoms with E-state index in [1.165, 1.54) is 0 Å². The van der Waals surface area contributed by atoms with Crippen LogP contribution in [0.15, 0.2) is 0 Å². The summed E-state index contributed by atoms with van der Waals surface area (Å²) in [6, 6.07) is 0. The van der Waals surface area contributed by atoms with Gasteiger partial charge < -0.3 is 0 Å². The van der Waals surface area contributed by atoms with Gasteiger partial charge in [0.25, 0.3) is 0 Å². The molecule has 0 saturated carbocycles. The monoisotopic (exact) mass is 293 g/mol. The summed E-state index contributed by atoms with van der Waals surface area (Å²) in [5.41, 5.74) is -12.1. The molecule has 0 aliphatic carbocycles. The van der Waals surface area contributed by atoms with E-state index in [2.05, 4.69) is 0 Å². The van der Waals surface area contributed by atoms with Crippen LogP contribution in [0.5, 0.6) is 0 Å². The summed E-state index contributed by atoms with van der Waals surface area (Å²) in [6.45, 7) is 0. The van der Waals surface area contributed by atoms with Crippen LogP contribution in [0.25, 0.3) is 0 Å². The molecule has 0 aromatic rings. The van der Waals surface area contributed by atoms with E-state index >= 15 is 0 Å². The van der Waals surface area contributed by atoms with E-state index < -0.39 is 33.9 Å². The van der Waals surface area contributed by atoms with E-state index in [0.29, 0.717) is 0 Å². The first kappa shape index (κ1) is 20.0. The van der Waals surface area contributed by atoms with E-state index in [-0.39, 0.29) is 36.6 Å². The Kier molecular flexibility index (Phi) is 6.29. The summed E-state index contributed by atoms with van der Waals surface area (Å²) in [7, 11) is -12.9. The van der Waals surface area contributed by atoms with Gasteiger partial charge in [-0.1, -0.05) is 0 Å². The molecule has 0 atom stereocenters. The zero-order valence-corrected chi connectivity index (χ0v) is 9.93. The van der Waals surface area contributed by atoms with Gasteiger partial charge in [0.1, 0.15) is 0 Å². The molecule has 17 heavy (non-hydrogen) atoms. The second-order valence-electron chi connectivity index (χ2n) is 2.55. The Morgan fingerprint density at radius 1 is 0.765 bits per heavy atom. The van der Waals surface area contributed by atoms with Crippen molar-refractivity contribution in [3.63, 3.8) is 0 Å². The maximum absolute atomic E-state index is 11.8. The van der Waals surface area contributed by atoms with Crippen LogP contribution in [0.4, 0.5) is 26.3 Å². The molecule has 14 heteroatoms. The first-order valence-electron chi connectivity index (χ1n) is 3.26. The topological polar surface area (TPSA) is 68.3 Å². The summed E-state index contributed by atoms with van der Waals surface area (Å²) >= 11 is -0.189. The molecule has 93 valence electrons. The van der Waals surface area contributed by atoms with Crippen molar-refractivity contribution in [1.29, 1.82) is 0 Å². The van der Waals surface area contributed by atoms with Crippen LogP contribution in [0, 0.1) is 0 Å². The van der Waals surface area contributed by atoms with Crippen LogP contribution in [0.3, 0.4) is 0 Å². The molecule has 4 nitrogen and oxygen atoms in total. The average molecular weight is 293 g/mol. The standard InChI is InChI=1S/C3HF6O4S2.2Li/c4-2(5,6)14(10,11)1-15(12,13)3(7,8)9;;/h1H;;. The molecule has 0 spiro atoms. The van der Waals surface area contributed by atoms with Gasteiger partial charge in [-0.25, -0.2) is 0 Å². The Morgan fingerprint density at radius 2 is 0.941 bits per heavy atom. The van der Waals surface area contributed by atoms with Crippen molar-refractivity contribution < 1.29 is 43.2 Å². The van der Waals surface area contributed by atoms with Gasteiger partial charge in [-0.05, 0) is 0 Å². The zero-order chi connectivity index (χ0) is 13.6. The molecule has 0 amide bonds. The Bertz CT molecular complexity index is 416. The predicted molar refractivity (Wildman–Crippen MR) is 45.2 cm³/mol. The Hall–Kier alpha value is 0.675. The average Bonchev–Trinajstić information content (AvgIpc) is 1.98. The molecule has 0 aromatic heterocycles. The van der Waals surface area contributed by atoms with Crippen molar-refractivity contribution in [3.05, 3.63) is 0 Å². The SMILES string of the molecule is [Li].[Li][CH](S(=O)(=O)C(F)(F)F)S(=O)(=O)C(F)(F)F. The molecule has 0 N–H and O–H groups in total. The third-order valence-corrected chi connectivity index (χ3v) is 6.08. The first-order chi connectivity index (χ1) is 6.65. The molecule has 0 saturated heterocycles. The van der Waals surface area contributed by atoms with Gasteiger partial charge in [-0.3, -0.25) is 0 Å². The normalized spacial score (nSPS) is 14.6. The van der Waals surface area contributed by atoms with Gasteiger partial charge in [0.05, 0.1) is 0 Å². The third-order valence-electron chi connectivity index (χ3n) is 1.52. The number of rotatable bonds is 2. The van der Waals surface area contributed by atoms with Gasteiger partial charge in [-0.2, -0.15) is 0 Å². The minimum atomic E-state index is -6.43. The fourth-order valence-corrected chi connectivity index (χ4v) is 3.28. The van der Waals surface area contributed by atoms with Crippen molar-refractivity contribution in [3.8, 4) is 0 Å². The van der Waals surface area contributed by atoms with Crippen LogP contribution in [-0.4, -0.2) is 67.7 Å². The van der Waals surface area contributed by atoms with Crippen LogP contribution in [0.1, 0.15) is 0 Å². The van der Waals surface area contributed by atoms with Crippen LogP contribution >= 0.6 is 0 Å². The number of sulfone groups is 2.